The lowest BCUT2D eigenvalue weighted by Gasteiger charge is -2.26. The van der Waals surface area contributed by atoms with E-state index in [0.717, 1.165) is 29.7 Å². The number of aliphatic hydroxyl groups excluding tert-OH is 1. The topological polar surface area (TPSA) is 113 Å². The van der Waals surface area contributed by atoms with Crippen LogP contribution in [0.2, 0.25) is 5.02 Å². The van der Waals surface area contributed by atoms with Crippen LogP contribution in [0.4, 0.5) is 11.8 Å². The molecule has 2 aromatic heterocycles. The summed E-state index contributed by atoms with van der Waals surface area (Å²) < 4.78 is 5.24. The number of carbonyl (C=O) groups excluding carboxylic acids is 1. The van der Waals surface area contributed by atoms with Crippen LogP contribution in [0.5, 0.6) is 5.75 Å². The molecular formula is C26H29ClN6O3. The summed E-state index contributed by atoms with van der Waals surface area (Å²) in [5.41, 5.74) is 3.44. The third-order valence-corrected chi connectivity index (χ3v) is 6.99. The Morgan fingerprint density at radius 1 is 1.19 bits per heavy atom. The number of fused-ring (bicyclic) bond motifs is 1. The predicted octanol–water partition coefficient (Wildman–Crippen LogP) is 3.70. The number of anilines is 2. The van der Waals surface area contributed by atoms with Crippen molar-refractivity contribution in [3.63, 3.8) is 0 Å². The predicted molar refractivity (Wildman–Crippen MR) is 137 cm³/mol. The molecule has 0 unspecified atom stereocenters. The minimum Gasteiger partial charge on any atom is -0.495 e. The van der Waals surface area contributed by atoms with Gasteiger partial charge < -0.3 is 25.4 Å². The number of benzene rings is 1. The summed E-state index contributed by atoms with van der Waals surface area (Å²) in [6.07, 6.45) is 5.95. The summed E-state index contributed by atoms with van der Waals surface area (Å²) in [7, 11) is 1.58. The van der Waals surface area contributed by atoms with Crippen LogP contribution < -0.4 is 20.3 Å². The summed E-state index contributed by atoms with van der Waals surface area (Å²) in [4.78, 5) is 29.0. The summed E-state index contributed by atoms with van der Waals surface area (Å²) in [5, 5.41) is 16.7. The van der Waals surface area contributed by atoms with Crippen molar-refractivity contribution >= 4 is 29.3 Å². The zero-order valence-corrected chi connectivity index (χ0v) is 20.8. The second-order valence-electron chi connectivity index (χ2n) is 9.20. The molecule has 36 heavy (non-hydrogen) atoms. The van der Waals surface area contributed by atoms with Crippen LogP contribution in [0.3, 0.4) is 0 Å². The Hall–Kier alpha value is -3.43. The molecule has 1 saturated carbocycles. The molecule has 0 atom stereocenters. The van der Waals surface area contributed by atoms with Gasteiger partial charge in [0.05, 0.1) is 30.5 Å². The van der Waals surface area contributed by atoms with E-state index in [4.69, 9.17) is 21.3 Å². The Kier molecular flexibility index (Phi) is 7.20. The maximum absolute atomic E-state index is 13.2. The molecule has 188 valence electrons. The van der Waals surface area contributed by atoms with E-state index in [2.05, 4.69) is 26.7 Å². The highest BCUT2D eigenvalue weighted by atomic mass is 35.5. The zero-order chi connectivity index (χ0) is 25.1. The monoisotopic (exact) mass is 508 g/mol. The Morgan fingerprint density at radius 3 is 2.78 bits per heavy atom. The van der Waals surface area contributed by atoms with E-state index in [1.54, 1.807) is 19.5 Å². The van der Waals surface area contributed by atoms with E-state index in [-0.39, 0.29) is 18.1 Å². The third kappa shape index (κ3) is 5.37. The maximum atomic E-state index is 13.2. The quantitative estimate of drug-likeness (QED) is 0.443. The standard InChI is InChI=1S/C26H29ClN6O3/c1-36-23-9-4-16(11-21(23)27)12-29-24-20(25(35)31-18-5-7-19(34)8-6-18)13-30-26(32-24)33-14-17-3-2-10-28-22(17)15-33/h2-4,9-11,13,18-19,34H,5-8,12,14-15H2,1H3,(H,31,35)(H,29,30,32). The van der Waals surface area contributed by atoms with Gasteiger partial charge in [0.15, 0.2) is 0 Å². The molecule has 10 heteroatoms. The van der Waals surface area contributed by atoms with Crippen LogP contribution in [-0.4, -0.2) is 45.2 Å². The first kappa shape index (κ1) is 24.3. The van der Waals surface area contributed by atoms with Crippen LogP contribution in [-0.2, 0) is 19.6 Å². The fraction of sp³-hybridized carbons (Fsp3) is 0.385. The van der Waals surface area contributed by atoms with E-state index in [0.29, 0.717) is 60.6 Å². The van der Waals surface area contributed by atoms with Crippen molar-refractivity contribution in [1.82, 2.24) is 20.3 Å². The van der Waals surface area contributed by atoms with Crippen molar-refractivity contribution < 1.29 is 14.6 Å². The molecule has 1 amide bonds. The fourth-order valence-corrected chi connectivity index (χ4v) is 4.94. The van der Waals surface area contributed by atoms with Gasteiger partial charge in [-0.1, -0.05) is 23.7 Å². The number of aliphatic hydroxyl groups is 1. The van der Waals surface area contributed by atoms with Gasteiger partial charge in [0, 0.05) is 31.5 Å². The molecule has 9 nitrogen and oxygen atoms in total. The van der Waals surface area contributed by atoms with E-state index in [1.807, 2.05) is 29.2 Å². The number of nitrogens with zero attached hydrogens (tertiary/aromatic N) is 4. The first-order valence-electron chi connectivity index (χ1n) is 12.1. The van der Waals surface area contributed by atoms with Crippen molar-refractivity contribution in [2.75, 3.05) is 17.3 Å². The highest BCUT2D eigenvalue weighted by Crippen LogP contribution is 2.28. The average molecular weight is 509 g/mol. The van der Waals surface area contributed by atoms with E-state index < -0.39 is 0 Å². The zero-order valence-electron chi connectivity index (χ0n) is 20.1. The number of hydrogen-bond acceptors (Lipinski definition) is 8. The van der Waals surface area contributed by atoms with Gasteiger partial charge >= 0.3 is 0 Å². The number of rotatable bonds is 7. The molecule has 3 N–H and O–H groups in total. The van der Waals surface area contributed by atoms with Crippen LogP contribution in [0.1, 0.15) is 52.9 Å². The molecule has 2 aliphatic rings. The Bertz CT molecular complexity index is 1220. The molecule has 0 spiro atoms. The smallest absolute Gasteiger partial charge is 0.256 e. The lowest BCUT2D eigenvalue weighted by atomic mass is 9.93. The molecule has 3 aromatic rings. The lowest BCUT2D eigenvalue weighted by molar-refractivity contribution is 0.0867. The number of pyridine rings is 1. The van der Waals surface area contributed by atoms with E-state index >= 15 is 0 Å². The summed E-state index contributed by atoms with van der Waals surface area (Å²) in [6.45, 7) is 1.68. The highest BCUT2D eigenvalue weighted by Gasteiger charge is 2.26. The van der Waals surface area contributed by atoms with Crippen molar-refractivity contribution in [2.24, 2.45) is 0 Å². The molecule has 1 fully saturated rings. The molecule has 0 radical (unpaired) electrons. The molecule has 0 bridgehead atoms. The third-order valence-electron chi connectivity index (χ3n) is 6.70. The molecule has 0 saturated heterocycles. The van der Waals surface area contributed by atoms with Crippen molar-refractivity contribution in [2.45, 2.75) is 57.5 Å². The fourth-order valence-electron chi connectivity index (χ4n) is 4.66. The maximum Gasteiger partial charge on any atom is 0.256 e. The second-order valence-corrected chi connectivity index (χ2v) is 9.61. The molecule has 1 aliphatic heterocycles. The van der Waals surface area contributed by atoms with Gasteiger partial charge in [0.25, 0.3) is 5.91 Å². The number of hydrogen-bond donors (Lipinski definition) is 3. The van der Waals surface area contributed by atoms with Crippen molar-refractivity contribution in [1.29, 1.82) is 0 Å². The van der Waals surface area contributed by atoms with Gasteiger partial charge in [-0.2, -0.15) is 4.98 Å². The van der Waals surface area contributed by atoms with Gasteiger partial charge in [-0.15, -0.1) is 0 Å². The normalized spacial score (nSPS) is 19.0. The number of halogens is 1. The Morgan fingerprint density at radius 2 is 2.03 bits per heavy atom. The minimum atomic E-state index is -0.284. The highest BCUT2D eigenvalue weighted by molar-refractivity contribution is 6.32. The lowest BCUT2D eigenvalue weighted by Crippen LogP contribution is -2.39. The number of nitrogens with one attached hydrogen (secondary N) is 2. The van der Waals surface area contributed by atoms with Crippen molar-refractivity contribution in [3.8, 4) is 5.75 Å². The van der Waals surface area contributed by atoms with E-state index in [1.165, 1.54) is 0 Å². The average Bonchev–Trinajstić information content (AvgIpc) is 3.33. The first-order chi connectivity index (χ1) is 17.5. The number of ether oxygens (including phenoxy) is 1. The second kappa shape index (κ2) is 10.7. The van der Waals surface area contributed by atoms with E-state index in [9.17, 15) is 9.90 Å². The van der Waals surface area contributed by atoms with Crippen LogP contribution >= 0.6 is 11.6 Å². The summed E-state index contributed by atoms with van der Waals surface area (Å²) in [5.74, 6) is 1.35. The Labute approximate surface area is 214 Å². The molecule has 1 aliphatic carbocycles. The largest absolute Gasteiger partial charge is 0.495 e. The van der Waals surface area contributed by atoms with Gasteiger partial charge in [-0.25, -0.2) is 4.98 Å². The van der Waals surface area contributed by atoms with Gasteiger partial charge in [-0.05, 0) is 55.0 Å². The summed E-state index contributed by atoms with van der Waals surface area (Å²) in [6, 6.07) is 9.55. The molecule has 3 heterocycles. The molecule has 5 rings (SSSR count). The number of carbonyl (C=O) groups is 1. The molecular weight excluding hydrogens is 480 g/mol. The SMILES string of the molecule is COc1ccc(CNc2nc(N3Cc4cccnc4C3)ncc2C(=O)NC2CCC(O)CC2)cc1Cl. The Balaban J connectivity index is 1.37. The van der Waals surface area contributed by atoms with Gasteiger partial charge in [-0.3, -0.25) is 9.78 Å². The van der Waals surface area contributed by atoms with Crippen LogP contribution in [0.25, 0.3) is 0 Å². The number of aromatic nitrogens is 3. The number of methoxy groups -OCH3 is 1. The molecule has 1 aromatic carbocycles. The minimum absolute atomic E-state index is 0.0213. The van der Waals surface area contributed by atoms with Gasteiger partial charge in [0.2, 0.25) is 5.95 Å². The van der Waals surface area contributed by atoms with Crippen LogP contribution in [0.15, 0.2) is 42.7 Å². The van der Waals surface area contributed by atoms with Gasteiger partial charge in [0.1, 0.15) is 17.1 Å². The van der Waals surface area contributed by atoms with Crippen LogP contribution in [0, 0.1) is 0 Å². The number of amides is 1. The first-order valence-corrected chi connectivity index (χ1v) is 12.5. The summed E-state index contributed by atoms with van der Waals surface area (Å²) >= 11 is 6.29. The van der Waals surface area contributed by atoms with Crippen molar-refractivity contribution in [3.05, 3.63) is 70.1 Å².